The van der Waals surface area contributed by atoms with Crippen LogP contribution in [-0.4, -0.2) is 29.4 Å². The number of Topliss-reactive ketones (excluding diaryl/α,β-unsaturated/α-hetero) is 1. The van der Waals surface area contributed by atoms with Crippen LogP contribution in [-0.2, 0) is 9.53 Å². The number of benzene rings is 1. The third-order valence-electron chi connectivity index (χ3n) is 4.94. The quantitative estimate of drug-likeness (QED) is 0.851. The standard InChI is InChI=1S/C18H23NO3/c1-2-16(14-9-6-10-15(20)11-14)19-17(12-22-18(19)21)13-7-4-3-5-8-13/h3-5,7-8,14,16-17H,2,6,9-12H2,1H3/t14-,16+,17-/m1/s1. The van der Waals surface area contributed by atoms with Gasteiger partial charge in [0.05, 0.1) is 6.04 Å². The largest absolute Gasteiger partial charge is 0.447 e. The first-order chi connectivity index (χ1) is 10.7. The van der Waals surface area contributed by atoms with Crippen LogP contribution in [0.4, 0.5) is 4.79 Å². The number of ether oxygens (including phenoxy) is 1. The molecule has 0 unspecified atom stereocenters. The minimum Gasteiger partial charge on any atom is -0.447 e. The lowest BCUT2D eigenvalue weighted by atomic mass is 9.81. The van der Waals surface area contributed by atoms with E-state index >= 15 is 0 Å². The molecule has 1 amide bonds. The summed E-state index contributed by atoms with van der Waals surface area (Å²) in [6.07, 6.45) is 3.88. The summed E-state index contributed by atoms with van der Waals surface area (Å²) in [5.41, 5.74) is 1.11. The van der Waals surface area contributed by atoms with Crippen LogP contribution >= 0.6 is 0 Å². The first-order valence-corrected chi connectivity index (χ1v) is 8.22. The molecule has 0 radical (unpaired) electrons. The van der Waals surface area contributed by atoms with Crippen molar-refractivity contribution in [2.24, 2.45) is 5.92 Å². The Morgan fingerprint density at radius 1 is 1.27 bits per heavy atom. The third kappa shape index (κ3) is 2.87. The summed E-state index contributed by atoms with van der Waals surface area (Å²) < 4.78 is 5.34. The van der Waals surface area contributed by atoms with Gasteiger partial charge in [-0.05, 0) is 30.7 Å². The number of amides is 1. The summed E-state index contributed by atoms with van der Waals surface area (Å²) in [7, 11) is 0. The maximum absolute atomic E-state index is 12.3. The van der Waals surface area contributed by atoms with Crippen LogP contribution in [0.1, 0.15) is 50.6 Å². The maximum Gasteiger partial charge on any atom is 0.410 e. The van der Waals surface area contributed by atoms with Gasteiger partial charge < -0.3 is 4.74 Å². The van der Waals surface area contributed by atoms with Crippen molar-refractivity contribution >= 4 is 11.9 Å². The predicted molar refractivity (Wildman–Crippen MR) is 83.4 cm³/mol. The molecule has 1 aromatic carbocycles. The van der Waals surface area contributed by atoms with Gasteiger partial charge in [-0.25, -0.2) is 4.79 Å². The molecule has 118 valence electrons. The van der Waals surface area contributed by atoms with Crippen molar-refractivity contribution in [2.75, 3.05) is 6.61 Å². The van der Waals surface area contributed by atoms with Crippen LogP contribution in [0.25, 0.3) is 0 Å². The van der Waals surface area contributed by atoms with Crippen molar-refractivity contribution in [3.05, 3.63) is 35.9 Å². The van der Waals surface area contributed by atoms with Crippen LogP contribution < -0.4 is 0 Å². The Bertz CT molecular complexity index is 543. The fraction of sp³-hybridized carbons (Fsp3) is 0.556. The van der Waals surface area contributed by atoms with E-state index in [9.17, 15) is 9.59 Å². The molecular formula is C18H23NO3. The van der Waals surface area contributed by atoms with E-state index in [0.29, 0.717) is 25.2 Å². The van der Waals surface area contributed by atoms with E-state index in [4.69, 9.17) is 4.74 Å². The third-order valence-corrected chi connectivity index (χ3v) is 4.94. The van der Waals surface area contributed by atoms with E-state index in [0.717, 1.165) is 24.8 Å². The number of carbonyl (C=O) groups is 2. The Hall–Kier alpha value is -1.84. The van der Waals surface area contributed by atoms with E-state index in [2.05, 4.69) is 6.92 Å². The van der Waals surface area contributed by atoms with Gasteiger partial charge in [-0.3, -0.25) is 9.69 Å². The van der Waals surface area contributed by atoms with Crippen LogP contribution in [0.3, 0.4) is 0 Å². The molecule has 0 aromatic heterocycles. The maximum atomic E-state index is 12.3. The lowest BCUT2D eigenvalue weighted by Gasteiger charge is -2.37. The molecule has 1 aromatic rings. The zero-order valence-electron chi connectivity index (χ0n) is 13.0. The first-order valence-electron chi connectivity index (χ1n) is 8.22. The molecule has 2 aliphatic rings. The average molecular weight is 301 g/mol. The van der Waals surface area contributed by atoms with Crippen molar-refractivity contribution in [1.82, 2.24) is 4.90 Å². The number of carbonyl (C=O) groups excluding carboxylic acids is 2. The van der Waals surface area contributed by atoms with Gasteiger partial charge in [-0.15, -0.1) is 0 Å². The molecular weight excluding hydrogens is 278 g/mol. The summed E-state index contributed by atoms with van der Waals surface area (Å²) in [5.74, 6) is 0.599. The highest BCUT2D eigenvalue weighted by Crippen LogP contribution is 2.37. The van der Waals surface area contributed by atoms with Gasteiger partial charge in [0.2, 0.25) is 0 Å². The molecule has 0 bridgehead atoms. The van der Waals surface area contributed by atoms with E-state index in [1.807, 2.05) is 35.2 Å². The Morgan fingerprint density at radius 3 is 2.73 bits per heavy atom. The van der Waals surface area contributed by atoms with E-state index in [1.165, 1.54) is 0 Å². The average Bonchev–Trinajstić information content (AvgIpc) is 2.91. The van der Waals surface area contributed by atoms with Gasteiger partial charge in [0.15, 0.2) is 0 Å². The normalized spacial score (nSPS) is 26.9. The molecule has 1 aliphatic carbocycles. The van der Waals surface area contributed by atoms with Crippen LogP contribution in [0.5, 0.6) is 0 Å². The zero-order valence-corrected chi connectivity index (χ0v) is 13.0. The molecule has 1 saturated heterocycles. The Labute approximate surface area is 131 Å². The number of hydrogen-bond donors (Lipinski definition) is 0. The van der Waals surface area contributed by atoms with E-state index in [-0.39, 0.29) is 24.1 Å². The van der Waals surface area contributed by atoms with Crippen LogP contribution in [0.2, 0.25) is 0 Å². The summed E-state index contributed by atoms with van der Waals surface area (Å²) >= 11 is 0. The minimum absolute atomic E-state index is 0.0318. The molecule has 1 saturated carbocycles. The van der Waals surface area contributed by atoms with Gasteiger partial charge in [0.1, 0.15) is 12.4 Å². The molecule has 0 spiro atoms. The zero-order chi connectivity index (χ0) is 15.5. The lowest BCUT2D eigenvalue weighted by Crippen LogP contribution is -2.44. The smallest absolute Gasteiger partial charge is 0.410 e. The number of cyclic esters (lactones) is 1. The Balaban J connectivity index is 1.85. The Morgan fingerprint density at radius 2 is 2.05 bits per heavy atom. The van der Waals surface area contributed by atoms with Gasteiger partial charge >= 0.3 is 6.09 Å². The SMILES string of the molecule is CC[C@@H]([C@@H]1CCCC(=O)C1)N1C(=O)OC[C@@H]1c1ccccc1. The van der Waals surface area contributed by atoms with Crippen LogP contribution in [0.15, 0.2) is 30.3 Å². The van der Waals surface area contributed by atoms with Crippen molar-refractivity contribution in [3.63, 3.8) is 0 Å². The highest BCUT2D eigenvalue weighted by Gasteiger charge is 2.42. The molecule has 1 aliphatic heterocycles. The predicted octanol–water partition coefficient (Wildman–Crippen LogP) is 3.72. The Kier molecular flexibility index (Phi) is 4.46. The van der Waals surface area contributed by atoms with Gasteiger partial charge in [0.25, 0.3) is 0 Å². The second-order valence-electron chi connectivity index (χ2n) is 6.28. The number of rotatable bonds is 4. The molecule has 4 nitrogen and oxygen atoms in total. The molecule has 4 heteroatoms. The molecule has 0 N–H and O–H groups in total. The van der Waals surface area contributed by atoms with E-state index in [1.54, 1.807) is 0 Å². The summed E-state index contributed by atoms with van der Waals surface area (Å²) in [6, 6.07) is 10.1. The molecule has 1 heterocycles. The van der Waals surface area contributed by atoms with Crippen molar-refractivity contribution < 1.29 is 14.3 Å². The highest BCUT2D eigenvalue weighted by atomic mass is 16.6. The van der Waals surface area contributed by atoms with Gasteiger partial charge in [-0.2, -0.15) is 0 Å². The summed E-state index contributed by atoms with van der Waals surface area (Å²) in [6.45, 7) is 2.50. The molecule has 3 rings (SSSR count). The first kappa shape index (κ1) is 15.1. The lowest BCUT2D eigenvalue weighted by molar-refractivity contribution is -0.122. The van der Waals surface area contributed by atoms with Crippen molar-refractivity contribution in [1.29, 1.82) is 0 Å². The van der Waals surface area contributed by atoms with Crippen LogP contribution in [0, 0.1) is 5.92 Å². The van der Waals surface area contributed by atoms with Gasteiger partial charge in [0, 0.05) is 18.9 Å². The number of ketones is 1. The summed E-state index contributed by atoms with van der Waals surface area (Å²) in [5, 5.41) is 0. The van der Waals surface area contributed by atoms with Gasteiger partial charge in [-0.1, -0.05) is 37.3 Å². The number of nitrogens with zero attached hydrogens (tertiary/aromatic N) is 1. The summed E-state index contributed by atoms with van der Waals surface area (Å²) in [4.78, 5) is 26.0. The second-order valence-corrected chi connectivity index (χ2v) is 6.28. The monoisotopic (exact) mass is 301 g/mol. The molecule has 2 fully saturated rings. The van der Waals surface area contributed by atoms with Crippen molar-refractivity contribution in [2.45, 2.75) is 51.1 Å². The molecule has 3 atom stereocenters. The topological polar surface area (TPSA) is 46.6 Å². The fourth-order valence-electron chi connectivity index (χ4n) is 3.87. The highest BCUT2D eigenvalue weighted by molar-refractivity contribution is 5.79. The van der Waals surface area contributed by atoms with Crippen molar-refractivity contribution in [3.8, 4) is 0 Å². The second kappa shape index (κ2) is 6.51. The fourth-order valence-corrected chi connectivity index (χ4v) is 3.87. The van der Waals surface area contributed by atoms with E-state index < -0.39 is 0 Å². The number of hydrogen-bond acceptors (Lipinski definition) is 3. The molecule has 22 heavy (non-hydrogen) atoms. The minimum atomic E-state index is -0.237.